The number of likely N-dealkylation sites (tertiary alicyclic amines) is 1. The zero-order valence-electron chi connectivity index (χ0n) is 19.1. The number of para-hydroxylation sites is 1. The molecule has 0 atom stereocenters. The number of amides is 1. The third kappa shape index (κ3) is 4.63. The zero-order chi connectivity index (χ0) is 23.5. The van der Waals surface area contributed by atoms with Crippen LogP contribution in [0.3, 0.4) is 0 Å². The van der Waals surface area contributed by atoms with E-state index >= 15 is 0 Å². The Morgan fingerprint density at radius 1 is 1.03 bits per heavy atom. The summed E-state index contributed by atoms with van der Waals surface area (Å²) in [7, 11) is 0. The number of rotatable bonds is 4. The molecular formula is C27H28N2O5. The largest absolute Gasteiger partial charge is 0.489 e. The summed E-state index contributed by atoms with van der Waals surface area (Å²) in [6.07, 6.45) is 6.67. The molecule has 0 N–H and O–H groups in total. The molecule has 0 radical (unpaired) electrons. The smallest absolute Gasteiger partial charge is 0.415 e. The van der Waals surface area contributed by atoms with Crippen LogP contribution < -0.4 is 9.64 Å². The highest BCUT2D eigenvalue weighted by Gasteiger charge is 2.47. The average molecular weight is 461 g/mol. The van der Waals surface area contributed by atoms with Gasteiger partial charge in [0.25, 0.3) is 0 Å². The van der Waals surface area contributed by atoms with Crippen LogP contribution >= 0.6 is 0 Å². The number of anilines is 1. The third-order valence-corrected chi connectivity index (χ3v) is 7.13. The monoisotopic (exact) mass is 460 g/mol. The molecule has 7 heteroatoms. The second-order valence-electron chi connectivity index (χ2n) is 9.41. The molecule has 6 rings (SSSR count). The number of piperidine rings is 1. The normalized spacial score (nSPS) is 20.9. The van der Waals surface area contributed by atoms with Gasteiger partial charge in [0.2, 0.25) is 0 Å². The van der Waals surface area contributed by atoms with Crippen molar-refractivity contribution in [1.29, 1.82) is 0 Å². The predicted molar refractivity (Wildman–Crippen MR) is 125 cm³/mol. The van der Waals surface area contributed by atoms with Crippen molar-refractivity contribution in [2.75, 3.05) is 31.1 Å². The molecule has 1 spiro atoms. The van der Waals surface area contributed by atoms with Crippen LogP contribution in [0, 0.1) is 5.92 Å². The molecule has 1 aliphatic carbocycles. The van der Waals surface area contributed by atoms with Crippen molar-refractivity contribution < 1.29 is 23.9 Å². The van der Waals surface area contributed by atoms with E-state index < -0.39 is 0 Å². The number of nitrogens with zero attached hydrogens (tertiary/aromatic N) is 2. The van der Waals surface area contributed by atoms with Gasteiger partial charge >= 0.3 is 12.2 Å². The number of fused-ring (bicyclic) bond motifs is 1. The summed E-state index contributed by atoms with van der Waals surface area (Å²) in [6, 6.07) is 16.5. The Hall–Kier alpha value is -3.41. The first-order chi connectivity index (χ1) is 16.6. The highest BCUT2D eigenvalue weighted by atomic mass is 16.6. The zero-order valence-corrected chi connectivity index (χ0v) is 19.1. The molecule has 3 fully saturated rings. The van der Waals surface area contributed by atoms with Crippen LogP contribution in [0.2, 0.25) is 0 Å². The van der Waals surface area contributed by atoms with E-state index in [1.807, 2.05) is 30.3 Å². The van der Waals surface area contributed by atoms with Crippen molar-refractivity contribution in [3.63, 3.8) is 0 Å². The second kappa shape index (κ2) is 9.45. The molecule has 176 valence electrons. The first-order valence-electron chi connectivity index (χ1n) is 11.8. The topological polar surface area (TPSA) is 76.2 Å². The van der Waals surface area contributed by atoms with Crippen LogP contribution in [-0.2, 0) is 20.9 Å². The van der Waals surface area contributed by atoms with Gasteiger partial charge in [-0.25, -0.2) is 4.79 Å². The lowest BCUT2D eigenvalue weighted by Gasteiger charge is -2.37. The predicted octanol–water partition coefficient (Wildman–Crippen LogP) is 4.28. The van der Waals surface area contributed by atoms with E-state index in [4.69, 9.17) is 19.1 Å². The van der Waals surface area contributed by atoms with E-state index in [-0.39, 0.29) is 17.8 Å². The molecule has 7 nitrogen and oxygen atoms in total. The van der Waals surface area contributed by atoms with Crippen molar-refractivity contribution in [3.8, 4) is 5.75 Å². The van der Waals surface area contributed by atoms with Crippen molar-refractivity contribution >= 4 is 23.5 Å². The van der Waals surface area contributed by atoms with Crippen LogP contribution in [0.15, 0.2) is 54.6 Å². The standard InChI is InChI=1S/C26H28N2O3.CO2/c29-25-28(21-4-2-1-3-5-21)18-26(31-25)11-13-27(14-12-26)17-19-6-9-24-23(16-19)22(10-15-30-24)20-7-8-20;2-1-3/h1-6,9-10,16,20H,7-8,11-15,17-18H2;. The highest BCUT2D eigenvalue weighted by Crippen LogP contribution is 2.46. The molecule has 1 amide bonds. The molecule has 3 heterocycles. The van der Waals surface area contributed by atoms with E-state index in [0.29, 0.717) is 13.2 Å². The SMILES string of the molecule is O=C1OC2(CCN(Cc3ccc4c(c3)C(C3CC3)=CCO4)CC2)CN1c1ccccc1.O=C=O. The molecule has 0 unspecified atom stereocenters. The maximum absolute atomic E-state index is 12.5. The number of allylic oxidation sites excluding steroid dienone is 1. The van der Waals surface area contributed by atoms with Gasteiger partial charge in [-0.05, 0) is 60.2 Å². The summed E-state index contributed by atoms with van der Waals surface area (Å²) in [5.74, 6) is 1.77. The van der Waals surface area contributed by atoms with Crippen LogP contribution in [0.4, 0.5) is 10.5 Å². The van der Waals surface area contributed by atoms with Crippen molar-refractivity contribution in [3.05, 3.63) is 65.7 Å². The maximum Gasteiger partial charge on any atom is 0.415 e. The molecule has 4 aliphatic rings. The lowest BCUT2D eigenvalue weighted by atomic mass is 9.90. The van der Waals surface area contributed by atoms with Gasteiger partial charge in [0.05, 0.1) is 6.54 Å². The van der Waals surface area contributed by atoms with Crippen molar-refractivity contribution in [2.24, 2.45) is 5.92 Å². The van der Waals surface area contributed by atoms with Gasteiger partial charge in [0.15, 0.2) is 0 Å². The Kier molecular flexibility index (Phi) is 6.22. The minimum Gasteiger partial charge on any atom is -0.489 e. The Bertz CT molecular complexity index is 1110. The summed E-state index contributed by atoms with van der Waals surface area (Å²) >= 11 is 0. The highest BCUT2D eigenvalue weighted by molar-refractivity contribution is 5.90. The van der Waals surface area contributed by atoms with E-state index in [1.54, 1.807) is 4.90 Å². The van der Waals surface area contributed by atoms with E-state index in [2.05, 4.69) is 29.2 Å². The number of hydrogen-bond acceptors (Lipinski definition) is 6. The molecule has 0 aromatic heterocycles. The number of benzene rings is 2. The van der Waals surface area contributed by atoms with Crippen LogP contribution in [0.1, 0.15) is 36.8 Å². The van der Waals surface area contributed by atoms with Gasteiger partial charge < -0.3 is 9.47 Å². The molecule has 0 bridgehead atoms. The number of hydrogen-bond donors (Lipinski definition) is 0. The Morgan fingerprint density at radius 3 is 2.47 bits per heavy atom. The molecular weight excluding hydrogens is 432 g/mol. The van der Waals surface area contributed by atoms with Crippen LogP contribution in [0.25, 0.3) is 5.57 Å². The fourth-order valence-corrected chi connectivity index (χ4v) is 5.21. The quantitative estimate of drug-likeness (QED) is 0.678. The maximum atomic E-state index is 12.5. The minimum atomic E-state index is -0.352. The first kappa shape index (κ1) is 22.4. The number of carbonyl (C=O) groups is 1. The van der Waals surface area contributed by atoms with Crippen molar-refractivity contribution in [2.45, 2.75) is 37.8 Å². The number of carbonyl (C=O) groups excluding carboxylic acids is 3. The van der Waals surface area contributed by atoms with Crippen LogP contribution in [-0.4, -0.2) is 49.0 Å². The van der Waals surface area contributed by atoms with E-state index in [0.717, 1.165) is 49.8 Å². The molecule has 1 saturated carbocycles. The molecule has 2 aromatic rings. The Balaban J connectivity index is 0.000000764. The van der Waals surface area contributed by atoms with Gasteiger partial charge in [0, 0.05) is 43.7 Å². The lowest BCUT2D eigenvalue weighted by Crippen LogP contribution is -2.46. The van der Waals surface area contributed by atoms with Gasteiger partial charge in [-0.3, -0.25) is 9.80 Å². The minimum absolute atomic E-state index is 0.214. The van der Waals surface area contributed by atoms with Gasteiger partial charge in [-0.1, -0.05) is 24.3 Å². The van der Waals surface area contributed by atoms with Gasteiger partial charge in [-0.2, -0.15) is 9.59 Å². The summed E-state index contributed by atoms with van der Waals surface area (Å²) in [6.45, 7) is 4.15. The van der Waals surface area contributed by atoms with E-state index in [1.165, 1.54) is 29.5 Å². The molecule has 3 aliphatic heterocycles. The fourth-order valence-electron chi connectivity index (χ4n) is 5.21. The van der Waals surface area contributed by atoms with Crippen molar-refractivity contribution in [1.82, 2.24) is 4.90 Å². The molecule has 2 aromatic carbocycles. The van der Waals surface area contributed by atoms with E-state index in [9.17, 15) is 4.79 Å². The average Bonchev–Trinajstić information content (AvgIpc) is 3.65. The van der Waals surface area contributed by atoms with Crippen LogP contribution in [0.5, 0.6) is 5.75 Å². The third-order valence-electron chi connectivity index (χ3n) is 7.13. The summed E-state index contributed by atoms with van der Waals surface area (Å²) in [5.41, 5.74) is 4.68. The fraction of sp³-hybridized carbons (Fsp3) is 0.407. The Morgan fingerprint density at radius 2 is 1.76 bits per heavy atom. The summed E-state index contributed by atoms with van der Waals surface area (Å²) in [5, 5.41) is 0. The summed E-state index contributed by atoms with van der Waals surface area (Å²) < 4.78 is 11.8. The van der Waals surface area contributed by atoms with Gasteiger partial charge in [0.1, 0.15) is 18.0 Å². The number of ether oxygens (including phenoxy) is 2. The first-order valence-corrected chi connectivity index (χ1v) is 11.8. The van der Waals surface area contributed by atoms with Gasteiger partial charge in [-0.15, -0.1) is 0 Å². The second-order valence-corrected chi connectivity index (χ2v) is 9.41. The molecule has 2 saturated heterocycles. The molecule has 34 heavy (non-hydrogen) atoms. The Labute approximate surface area is 198 Å². The summed E-state index contributed by atoms with van der Waals surface area (Å²) in [4.78, 5) is 33.0. The lowest BCUT2D eigenvalue weighted by molar-refractivity contribution is -0.191.